The summed E-state index contributed by atoms with van der Waals surface area (Å²) < 4.78 is 0. The number of nitrogens with one attached hydrogen (secondary N) is 1. The maximum Gasteiger partial charge on any atom is 0.250 e. The maximum atomic E-state index is 12.4. The van der Waals surface area contributed by atoms with Gasteiger partial charge in [0.05, 0.1) is 5.56 Å². The first-order valence-electron chi connectivity index (χ1n) is 10.2. The van der Waals surface area contributed by atoms with Crippen molar-refractivity contribution in [2.75, 3.05) is 31.1 Å². The molecule has 0 spiro atoms. The molecule has 0 atom stereocenters. The van der Waals surface area contributed by atoms with Gasteiger partial charge in [0.2, 0.25) is 11.8 Å². The van der Waals surface area contributed by atoms with Gasteiger partial charge in [0, 0.05) is 50.5 Å². The van der Waals surface area contributed by atoms with Crippen LogP contribution < -0.4 is 16.0 Å². The Kier molecular flexibility index (Phi) is 6.67. The Labute approximate surface area is 167 Å². The van der Waals surface area contributed by atoms with Gasteiger partial charge in [0.1, 0.15) is 5.82 Å². The molecule has 2 saturated heterocycles. The third-order valence-electron chi connectivity index (χ3n) is 5.70. The Morgan fingerprint density at radius 1 is 1.18 bits per heavy atom. The summed E-state index contributed by atoms with van der Waals surface area (Å²) in [6, 6.07) is 4.30. The average Bonchev–Trinajstić information content (AvgIpc) is 2.69. The van der Waals surface area contributed by atoms with Gasteiger partial charge in [-0.3, -0.25) is 9.59 Å². The molecule has 2 fully saturated rings. The number of nitrogens with two attached hydrogens (primary N) is 1. The lowest BCUT2D eigenvalue weighted by Gasteiger charge is -2.33. The van der Waals surface area contributed by atoms with Crippen LogP contribution in [0.3, 0.4) is 0 Å². The second kappa shape index (κ2) is 9.19. The molecule has 0 unspecified atom stereocenters. The second-order valence-corrected chi connectivity index (χ2v) is 7.97. The molecule has 0 aliphatic carbocycles. The van der Waals surface area contributed by atoms with Gasteiger partial charge < -0.3 is 20.9 Å². The van der Waals surface area contributed by atoms with E-state index in [9.17, 15) is 9.59 Å². The average molecular weight is 386 g/mol. The summed E-state index contributed by atoms with van der Waals surface area (Å²) in [6.45, 7) is 8.17. The van der Waals surface area contributed by atoms with E-state index in [1.54, 1.807) is 6.07 Å². The molecule has 0 bridgehead atoms. The Morgan fingerprint density at radius 2 is 1.86 bits per heavy atom. The van der Waals surface area contributed by atoms with Crippen molar-refractivity contribution < 1.29 is 9.59 Å². The molecule has 3 N–H and O–H groups in total. The summed E-state index contributed by atoms with van der Waals surface area (Å²) in [7, 11) is 0. The number of piperidine rings is 2. The molecule has 0 saturated carbocycles. The quantitative estimate of drug-likeness (QED) is 0.753. The smallest absolute Gasteiger partial charge is 0.250 e. The molecule has 1 aromatic heterocycles. The number of pyridine rings is 1. The number of carbonyl (C=O) groups is 2. The van der Waals surface area contributed by atoms with E-state index in [1.165, 1.54) is 11.8 Å². The highest BCUT2D eigenvalue weighted by molar-refractivity contribution is 5.92. The summed E-state index contributed by atoms with van der Waals surface area (Å²) in [6.07, 6.45) is 7.06. The Morgan fingerprint density at radius 3 is 2.39 bits per heavy atom. The largest absolute Gasteiger partial charge is 0.366 e. The number of hydrogen-bond acceptors (Lipinski definition) is 5. The summed E-state index contributed by atoms with van der Waals surface area (Å²) in [4.78, 5) is 32.5. The van der Waals surface area contributed by atoms with Gasteiger partial charge in [-0.05, 0) is 51.7 Å². The number of hydrogen-bond donors (Lipinski definition) is 2. The predicted molar refractivity (Wildman–Crippen MR) is 110 cm³/mol. The molecule has 7 nitrogen and oxygen atoms in total. The first-order valence-corrected chi connectivity index (χ1v) is 10.2. The second-order valence-electron chi connectivity index (χ2n) is 7.97. The summed E-state index contributed by atoms with van der Waals surface area (Å²) in [5, 5.41) is 3.16. The van der Waals surface area contributed by atoms with Crippen molar-refractivity contribution in [2.45, 2.75) is 51.6 Å². The number of amides is 2. The molecule has 2 amide bonds. The molecule has 3 rings (SSSR count). The van der Waals surface area contributed by atoms with Crippen molar-refractivity contribution in [3.8, 4) is 0 Å². The third-order valence-corrected chi connectivity index (χ3v) is 5.70. The van der Waals surface area contributed by atoms with Crippen LogP contribution >= 0.6 is 0 Å². The standard InChI is InChI=1S/C21H31N5O2/c1-15(2)25-9-5-16(6-10-25)13-20(27)24-18-7-11-26(12-8-18)19-4-3-17(14-23-19)21(22)28/h3-4,13-15,18H,5-12H2,1-2H3,(H2,22,28)(H,24,27). The van der Waals surface area contributed by atoms with Crippen molar-refractivity contribution in [3.05, 3.63) is 35.5 Å². The summed E-state index contributed by atoms with van der Waals surface area (Å²) in [5.41, 5.74) is 6.92. The molecule has 0 aromatic carbocycles. The zero-order valence-electron chi connectivity index (χ0n) is 16.9. The molecular weight excluding hydrogens is 354 g/mol. The lowest BCUT2D eigenvalue weighted by atomic mass is 10.0. The molecule has 152 valence electrons. The Balaban J connectivity index is 1.44. The van der Waals surface area contributed by atoms with Crippen LogP contribution in [0.15, 0.2) is 30.0 Å². The van der Waals surface area contributed by atoms with Crippen LogP contribution in [0, 0.1) is 0 Å². The van der Waals surface area contributed by atoms with Crippen LogP contribution in [-0.2, 0) is 4.79 Å². The van der Waals surface area contributed by atoms with Crippen molar-refractivity contribution in [3.63, 3.8) is 0 Å². The zero-order valence-corrected chi connectivity index (χ0v) is 16.9. The van der Waals surface area contributed by atoms with E-state index in [2.05, 4.69) is 33.9 Å². The lowest BCUT2D eigenvalue weighted by Crippen LogP contribution is -2.44. The molecule has 2 aliphatic rings. The Bertz CT molecular complexity index is 711. The van der Waals surface area contributed by atoms with E-state index in [-0.39, 0.29) is 11.9 Å². The van der Waals surface area contributed by atoms with Crippen LogP contribution in [0.4, 0.5) is 5.82 Å². The van der Waals surface area contributed by atoms with Gasteiger partial charge in [-0.1, -0.05) is 5.57 Å². The van der Waals surface area contributed by atoms with Crippen molar-refractivity contribution in [1.29, 1.82) is 0 Å². The van der Waals surface area contributed by atoms with E-state index in [0.717, 1.165) is 57.7 Å². The zero-order chi connectivity index (χ0) is 20.1. The highest BCUT2D eigenvalue weighted by atomic mass is 16.1. The van der Waals surface area contributed by atoms with E-state index >= 15 is 0 Å². The van der Waals surface area contributed by atoms with Crippen LogP contribution in [0.25, 0.3) is 0 Å². The normalized spacial score (nSPS) is 19.0. The lowest BCUT2D eigenvalue weighted by molar-refractivity contribution is -0.117. The number of likely N-dealkylation sites (tertiary alicyclic amines) is 1. The van der Waals surface area contributed by atoms with Crippen molar-refractivity contribution >= 4 is 17.6 Å². The minimum atomic E-state index is -0.468. The minimum Gasteiger partial charge on any atom is -0.366 e. The van der Waals surface area contributed by atoms with E-state index in [4.69, 9.17) is 5.73 Å². The van der Waals surface area contributed by atoms with Gasteiger partial charge in [-0.15, -0.1) is 0 Å². The van der Waals surface area contributed by atoms with Gasteiger partial charge in [-0.25, -0.2) is 4.98 Å². The van der Waals surface area contributed by atoms with Crippen LogP contribution in [0.1, 0.15) is 49.9 Å². The van der Waals surface area contributed by atoms with Gasteiger partial charge in [-0.2, -0.15) is 0 Å². The number of nitrogens with zero attached hydrogens (tertiary/aromatic N) is 3. The molecule has 3 heterocycles. The molecule has 2 aliphatic heterocycles. The van der Waals surface area contributed by atoms with Gasteiger partial charge in [0.15, 0.2) is 0 Å². The summed E-state index contributed by atoms with van der Waals surface area (Å²) in [5.74, 6) is 0.411. The number of aromatic nitrogens is 1. The van der Waals surface area contributed by atoms with Crippen molar-refractivity contribution in [1.82, 2.24) is 15.2 Å². The minimum absolute atomic E-state index is 0.0374. The first-order chi connectivity index (χ1) is 13.4. The number of primary amides is 1. The summed E-state index contributed by atoms with van der Waals surface area (Å²) >= 11 is 0. The monoisotopic (exact) mass is 385 g/mol. The number of anilines is 1. The fourth-order valence-corrected chi connectivity index (χ4v) is 3.87. The first kappa shape index (κ1) is 20.3. The van der Waals surface area contributed by atoms with Crippen molar-refractivity contribution in [2.24, 2.45) is 5.73 Å². The SMILES string of the molecule is CC(C)N1CCC(=CC(=O)NC2CCN(c3ccc(C(N)=O)cn3)CC2)CC1. The highest BCUT2D eigenvalue weighted by Gasteiger charge is 2.22. The van der Waals surface area contributed by atoms with E-state index in [0.29, 0.717) is 11.6 Å². The van der Waals surface area contributed by atoms with E-state index in [1.807, 2.05) is 12.1 Å². The van der Waals surface area contributed by atoms with E-state index < -0.39 is 5.91 Å². The van der Waals surface area contributed by atoms with Crippen LogP contribution in [0.5, 0.6) is 0 Å². The number of rotatable bonds is 5. The molecule has 7 heteroatoms. The molecule has 28 heavy (non-hydrogen) atoms. The topological polar surface area (TPSA) is 91.6 Å². The van der Waals surface area contributed by atoms with Crippen LogP contribution in [0.2, 0.25) is 0 Å². The molecular formula is C21H31N5O2. The molecule has 1 aromatic rings. The number of carbonyl (C=O) groups excluding carboxylic acids is 2. The van der Waals surface area contributed by atoms with Gasteiger partial charge in [0.25, 0.3) is 0 Å². The van der Waals surface area contributed by atoms with Gasteiger partial charge >= 0.3 is 0 Å². The Hall–Kier alpha value is -2.41. The fraction of sp³-hybridized carbons (Fsp3) is 0.571. The highest BCUT2D eigenvalue weighted by Crippen LogP contribution is 2.20. The fourth-order valence-electron chi connectivity index (χ4n) is 3.87. The van der Waals surface area contributed by atoms with Crippen LogP contribution in [-0.4, -0.2) is 60.0 Å². The maximum absolute atomic E-state index is 12.4. The predicted octanol–water partition coefficient (Wildman–Crippen LogP) is 1.70. The molecule has 0 radical (unpaired) electrons. The third kappa shape index (κ3) is 5.32.